The number of rotatable bonds is 7. The highest BCUT2D eigenvalue weighted by molar-refractivity contribution is 8.00. The zero-order chi connectivity index (χ0) is 17.5. The molecule has 0 aromatic carbocycles. The number of nitrogens with zero attached hydrogens (tertiary/aromatic N) is 4. The number of amides is 1. The van der Waals surface area contributed by atoms with Crippen molar-refractivity contribution in [3.63, 3.8) is 0 Å². The average Bonchev–Trinajstić information content (AvgIpc) is 3.15. The molecule has 25 heavy (non-hydrogen) atoms. The molecule has 0 atom stereocenters. The third-order valence-corrected chi connectivity index (χ3v) is 4.32. The Morgan fingerprint density at radius 2 is 2.08 bits per heavy atom. The summed E-state index contributed by atoms with van der Waals surface area (Å²) in [6.07, 6.45) is 4.05. The number of hydrogen-bond acceptors (Lipinski definition) is 7. The second-order valence-electron chi connectivity index (χ2n) is 5.11. The summed E-state index contributed by atoms with van der Waals surface area (Å²) >= 11 is 1.34. The first-order valence-corrected chi connectivity index (χ1v) is 8.82. The number of thioether (sulfide) groups is 1. The summed E-state index contributed by atoms with van der Waals surface area (Å²) in [5.41, 5.74) is 1.58. The maximum Gasteiger partial charge on any atom is 0.230 e. The normalized spacial score (nSPS) is 10.6. The van der Waals surface area contributed by atoms with Crippen LogP contribution < -0.4 is 5.32 Å². The van der Waals surface area contributed by atoms with Crippen molar-refractivity contribution in [1.29, 1.82) is 0 Å². The molecule has 3 aromatic rings. The molecule has 0 fully saturated rings. The molecule has 1 N–H and O–H groups in total. The summed E-state index contributed by atoms with van der Waals surface area (Å²) in [5, 5.41) is 7.51. The minimum atomic E-state index is -0.0883. The van der Waals surface area contributed by atoms with Crippen molar-refractivity contribution in [3.05, 3.63) is 54.3 Å². The lowest BCUT2D eigenvalue weighted by molar-refractivity contribution is -0.118. The Balaban J connectivity index is 1.60. The average molecular weight is 355 g/mol. The predicted molar refractivity (Wildman–Crippen MR) is 93.7 cm³/mol. The molecule has 0 bridgehead atoms. The fourth-order valence-corrected chi connectivity index (χ4v) is 2.88. The van der Waals surface area contributed by atoms with Crippen LogP contribution in [-0.2, 0) is 17.8 Å². The van der Waals surface area contributed by atoms with Gasteiger partial charge in [0.1, 0.15) is 5.03 Å². The van der Waals surface area contributed by atoms with Crippen molar-refractivity contribution in [2.45, 2.75) is 24.9 Å². The van der Waals surface area contributed by atoms with Crippen molar-refractivity contribution in [1.82, 2.24) is 25.4 Å². The summed E-state index contributed by atoms with van der Waals surface area (Å²) in [4.78, 5) is 24.9. The Labute approximate surface area is 149 Å². The van der Waals surface area contributed by atoms with Crippen molar-refractivity contribution >= 4 is 17.7 Å². The SMILES string of the molecule is CCc1nc(-c2cccnc2SCC(=O)NCc2ccccn2)no1. The quantitative estimate of drug-likeness (QED) is 0.651. The molecule has 8 heteroatoms. The first kappa shape index (κ1) is 17.1. The number of carbonyl (C=O) groups excluding carboxylic acids is 1. The Hall–Kier alpha value is -2.74. The molecule has 0 spiro atoms. The van der Waals surface area contributed by atoms with Crippen LogP contribution >= 0.6 is 11.8 Å². The van der Waals surface area contributed by atoms with Gasteiger partial charge >= 0.3 is 0 Å². The van der Waals surface area contributed by atoms with Gasteiger partial charge in [0, 0.05) is 18.8 Å². The van der Waals surface area contributed by atoms with E-state index in [1.165, 1.54) is 11.8 Å². The number of carbonyl (C=O) groups is 1. The molecule has 0 aliphatic rings. The van der Waals surface area contributed by atoms with Gasteiger partial charge in [0.05, 0.1) is 23.6 Å². The van der Waals surface area contributed by atoms with Crippen molar-refractivity contribution in [2.75, 3.05) is 5.75 Å². The molecule has 0 aliphatic heterocycles. The molecular weight excluding hydrogens is 338 g/mol. The third-order valence-electron chi connectivity index (χ3n) is 3.32. The monoisotopic (exact) mass is 355 g/mol. The maximum atomic E-state index is 12.1. The van der Waals surface area contributed by atoms with Crippen LogP contribution in [0.4, 0.5) is 0 Å². The first-order valence-electron chi connectivity index (χ1n) is 7.83. The zero-order valence-electron chi connectivity index (χ0n) is 13.7. The highest BCUT2D eigenvalue weighted by Crippen LogP contribution is 2.27. The Morgan fingerprint density at radius 1 is 1.20 bits per heavy atom. The number of hydrogen-bond donors (Lipinski definition) is 1. The molecule has 0 unspecified atom stereocenters. The van der Waals surface area contributed by atoms with Crippen LogP contribution in [0.3, 0.4) is 0 Å². The van der Waals surface area contributed by atoms with Crippen molar-refractivity contribution < 1.29 is 9.32 Å². The smallest absolute Gasteiger partial charge is 0.230 e. The van der Waals surface area contributed by atoms with Gasteiger partial charge in [-0.25, -0.2) is 4.98 Å². The fourth-order valence-electron chi connectivity index (χ4n) is 2.06. The number of aromatic nitrogens is 4. The summed E-state index contributed by atoms with van der Waals surface area (Å²) in [6, 6.07) is 9.27. The van der Waals surface area contributed by atoms with E-state index in [1.54, 1.807) is 12.4 Å². The summed E-state index contributed by atoms with van der Waals surface area (Å²) < 4.78 is 5.15. The molecule has 0 radical (unpaired) electrons. The van der Waals surface area contributed by atoms with E-state index < -0.39 is 0 Å². The lowest BCUT2D eigenvalue weighted by Crippen LogP contribution is -2.25. The molecule has 3 aromatic heterocycles. The molecule has 128 valence electrons. The van der Waals surface area contributed by atoms with Gasteiger partial charge in [-0.3, -0.25) is 9.78 Å². The number of pyridine rings is 2. The predicted octanol–water partition coefficient (Wildman–Crippen LogP) is 2.50. The summed E-state index contributed by atoms with van der Waals surface area (Å²) in [7, 11) is 0. The molecule has 0 aliphatic carbocycles. The summed E-state index contributed by atoms with van der Waals surface area (Å²) in [5.74, 6) is 1.22. The van der Waals surface area contributed by atoms with Gasteiger partial charge in [0.15, 0.2) is 0 Å². The molecule has 0 saturated carbocycles. The minimum absolute atomic E-state index is 0.0883. The Kier molecular flexibility index (Phi) is 5.73. The molecule has 0 saturated heterocycles. The third kappa shape index (κ3) is 4.63. The van der Waals surface area contributed by atoms with Gasteiger partial charge in [-0.2, -0.15) is 4.98 Å². The van der Waals surface area contributed by atoms with Gasteiger partial charge in [-0.1, -0.05) is 29.9 Å². The number of nitrogens with one attached hydrogen (secondary N) is 1. The largest absolute Gasteiger partial charge is 0.350 e. The molecule has 1 amide bonds. The second kappa shape index (κ2) is 8.39. The van der Waals surface area contributed by atoms with Crippen LogP contribution in [0, 0.1) is 0 Å². The van der Waals surface area contributed by atoms with Crippen LogP contribution in [0.25, 0.3) is 11.4 Å². The van der Waals surface area contributed by atoms with Gasteiger partial charge in [0.2, 0.25) is 17.6 Å². The molecule has 3 heterocycles. The lowest BCUT2D eigenvalue weighted by atomic mass is 10.3. The number of aryl methyl sites for hydroxylation is 1. The van der Waals surface area contributed by atoms with Gasteiger partial charge < -0.3 is 9.84 Å². The van der Waals surface area contributed by atoms with Crippen molar-refractivity contribution in [3.8, 4) is 11.4 Å². The van der Waals surface area contributed by atoms with Crippen LogP contribution in [0.5, 0.6) is 0 Å². The van der Waals surface area contributed by atoms with E-state index in [4.69, 9.17) is 4.52 Å². The highest BCUT2D eigenvalue weighted by atomic mass is 32.2. The van der Waals surface area contributed by atoms with Gasteiger partial charge in [-0.15, -0.1) is 0 Å². The molecule has 3 rings (SSSR count). The van der Waals surface area contributed by atoms with Gasteiger partial charge in [-0.05, 0) is 24.3 Å². The van der Waals surface area contributed by atoms with E-state index in [1.807, 2.05) is 37.3 Å². The fraction of sp³-hybridized carbons (Fsp3) is 0.235. The van der Waals surface area contributed by atoms with E-state index in [0.29, 0.717) is 29.7 Å². The maximum absolute atomic E-state index is 12.1. The standard InChI is InChI=1S/C17H17N5O2S/c1-2-15-21-16(22-24-15)13-7-5-9-19-17(13)25-11-14(23)20-10-12-6-3-4-8-18-12/h3-9H,2,10-11H2,1H3,(H,20,23). The zero-order valence-corrected chi connectivity index (χ0v) is 14.5. The van der Waals surface area contributed by atoms with Crippen LogP contribution in [0.1, 0.15) is 18.5 Å². The van der Waals surface area contributed by atoms with Gasteiger partial charge in [0.25, 0.3) is 0 Å². The lowest BCUT2D eigenvalue weighted by Gasteiger charge is -2.06. The van der Waals surface area contributed by atoms with E-state index in [0.717, 1.165) is 11.3 Å². The van der Waals surface area contributed by atoms with Crippen LogP contribution in [-0.4, -0.2) is 31.8 Å². The highest BCUT2D eigenvalue weighted by Gasteiger charge is 2.14. The Morgan fingerprint density at radius 3 is 2.84 bits per heavy atom. The van der Waals surface area contributed by atoms with E-state index >= 15 is 0 Å². The van der Waals surface area contributed by atoms with E-state index in [2.05, 4.69) is 25.4 Å². The topological polar surface area (TPSA) is 93.8 Å². The Bertz CT molecular complexity index is 838. The van der Waals surface area contributed by atoms with Crippen LogP contribution in [0.2, 0.25) is 0 Å². The van der Waals surface area contributed by atoms with E-state index in [9.17, 15) is 4.79 Å². The van der Waals surface area contributed by atoms with Crippen LogP contribution in [0.15, 0.2) is 52.3 Å². The van der Waals surface area contributed by atoms with E-state index in [-0.39, 0.29) is 11.7 Å². The summed E-state index contributed by atoms with van der Waals surface area (Å²) in [6.45, 7) is 2.35. The minimum Gasteiger partial charge on any atom is -0.350 e. The van der Waals surface area contributed by atoms with Crippen molar-refractivity contribution in [2.24, 2.45) is 0 Å². The second-order valence-corrected chi connectivity index (χ2v) is 6.07. The molecule has 7 nitrogen and oxygen atoms in total. The molecular formula is C17H17N5O2S. The first-order chi connectivity index (χ1) is 12.3.